The molecule has 6 heteroatoms. The molecule has 5 nitrogen and oxygen atoms in total. The molecule has 0 spiro atoms. The van der Waals surface area contributed by atoms with Gasteiger partial charge in [0, 0.05) is 17.7 Å². The van der Waals surface area contributed by atoms with Gasteiger partial charge >= 0.3 is 0 Å². The zero-order valence-corrected chi connectivity index (χ0v) is 9.02. The van der Waals surface area contributed by atoms with Gasteiger partial charge in [0.1, 0.15) is 12.1 Å². The van der Waals surface area contributed by atoms with Gasteiger partial charge in [-0.15, -0.1) is 0 Å². The zero-order chi connectivity index (χ0) is 10.3. The van der Waals surface area contributed by atoms with Crippen LogP contribution in [0.15, 0.2) is 21.5 Å². The highest BCUT2D eigenvalue weighted by Gasteiger charge is 2.08. The molecular weight excluding hydrogens is 250 g/mol. The van der Waals surface area contributed by atoms with Gasteiger partial charge in [0.2, 0.25) is 0 Å². The zero-order valence-electron chi connectivity index (χ0n) is 7.44. The van der Waals surface area contributed by atoms with Crippen LogP contribution >= 0.6 is 15.9 Å². The number of nitrogens with zero attached hydrogens (tertiary/aromatic N) is 3. The average molecular weight is 258 g/mol. The molecule has 0 saturated carbocycles. The number of fused-ring (bicyclic) bond motifs is 1. The average Bonchev–Trinajstić information content (AvgIpc) is 2.52. The van der Waals surface area contributed by atoms with Crippen molar-refractivity contribution in [2.45, 2.75) is 6.61 Å². The van der Waals surface area contributed by atoms with E-state index in [1.165, 1.54) is 9.08 Å². The fourth-order valence-corrected chi connectivity index (χ4v) is 1.69. The number of aliphatic hydroxyl groups excluding tert-OH is 1. The molecule has 2 heterocycles. The lowest BCUT2D eigenvalue weighted by atomic mass is 10.5. The Labute approximate surface area is 87.7 Å². The van der Waals surface area contributed by atoms with Gasteiger partial charge in [-0.2, -0.15) is 5.10 Å². The summed E-state index contributed by atoms with van der Waals surface area (Å²) in [5.41, 5.74) is 0.311. The molecule has 0 aliphatic carbocycles. The van der Waals surface area contributed by atoms with Crippen LogP contribution in [-0.4, -0.2) is 19.3 Å². The van der Waals surface area contributed by atoms with Crippen molar-refractivity contribution in [2.75, 3.05) is 0 Å². The van der Waals surface area contributed by atoms with Crippen LogP contribution in [0.2, 0.25) is 0 Å². The first-order valence-electron chi connectivity index (χ1n) is 3.98. The number of rotatable bonds is 1. The molecule has 74 valence electrons. The summed E-state index contributed by atoms with van der Waals surface area (Å²) >= 11 is 3.26. The van der Waals surface area contributed by atoms with E-state index in [9.17, 15) is 4.79 Å². The van der Waals surface area contributed by atoms with Crippen molar-refractivity contribution >= 4 is 21.4 Å². The summed E-state index contributed by atoms with van der Waals surface area (Å²) in [7, 11) is 1.59. The lowest BCUT2D eigenvalue weighted by Gasteiger charge is -2.04. The lowest BCUT2D eigenvalue weighted by Crippen LogP contribution is -2.24. The minimum absolute atomic E-state index is 0.172. The van der Waals surface area contributed by atoms with Crippen molar-refractivity contribution in [3.63, 3.8) is 0 Å². The molecule has 0 fully saturated rings. The van der Waals surface area contributed by atoms with Gasteiger partial charge < -0.3 is 5.11 Å². The summed E-state index contributed by atoms with van der Waals surface area (Å²) in [5.74, 6) is 0.339. The Bertz CT molecular complexity index is 543. The lowest BCUT2D eigenvalue weighted by molar-refractivity contribution is 0.262. The van der Waals surface area contributed by atoms with Gasteiger partial charge in [0.25, 0.3) is 5.56 Å². The second-order valence-corrected chi connectivity index (χ2v) is 3.84. The van der Waals surface area contributed by atoms with Gasteiger partial charge in [-0.1, -0.05) is 0 Å². The first kappa shape index (κ1) is 9.42. The Morgan fingerprint density at radius 1 is 1.64 bits per heavy atom. The topological polar surface area (TPSA) is 59.5 Å². The van der Waals surface area contributed by atoms with Gasteiger partial charge in [0.05, 0.1) is 0 Å². The summed E-state index contributed by atoms with van der Waals surface area (Å²) in [6.45, 7) is -0.253. The number of hydrogen-bond donors (Lipinski definition) is 1. The van der Waals surface area contributed by atoms with Crippen LogP contribution in [0, 0.1) is 0 Å². The van der Waals surface area contributed by atoms with Gasteiger partial charge in [-0.05, 0) is 22.0 Å². The van der Waals surface area contributed by atoms with Gasteiger partial charge in [0.15, 0.2) is 5.82 Å². The number of hydrogen-bond acceptors (Lipinski definition) is 3. The monoisotopic (exact) mass is 257 g/mol. The van der Waals surface area contributed by atoms with E-state index in [1.54, 1.807) is 19.3 Å². The Balaban J connectivity index is 2.91. The molecule has 0 saturated heterocycles. The van der Waals surface area contributed by atoms with Crippen LogP contribution < -0.4 is 5.56 Å². The largest absolute Gasteiger partial charge is 0.388 e. The quantitative estimate of drug-likeness (QED) is 0.799. The van der Waals surface area contributed by atoms with Crippen LogP contribution in [0.1, 0.15) is 5.82 Å². The maximum atomic E-state index is 11.7. The third kappa shape index (κ3) is 1.27. The molecule has 2 rings (SSSR count). The van der Waals surface area contributed by atoms with Crippen LogP contribution in [0.25, 0.3) is 5.52 Å². The van der Waals surface area contributed by atoms with E-state index in [0.717, 1.165) is 4.47 Å². The summed E-state index contributed by atoms with van der Waals surface area (Å²) in [4.78, 5) is 11.7. The summed E-state index contributed by atoms with van der Waals surface area (Å²) in [5, 5.41) is 13.0. The Morgan fingerprint density at radius 2 is 2.36 bits per heavy atom. The highest BCUT2D eigenvalue weighted by atomic mass is 79.9. The molecule has 1 N–H and O–H groups in total. The standard InChI is InChI=1S/C8H8BrN3O2/c1-11-7(4-13)10-12-3-5(9)2-6(12)8(11)14/h2-3,13H,4H2,1H3. The van der Waals surface area contributed by atoms with Gasteiger partial charge in [-0.25, -0.2) is 4.52 Å². The van der Waals surface area contributed by atoms with Crippen molar-refractivity contribution in [2.24, 2.45) is 7.05 Å². The summed E-state index contributed by atoms with van der Waals surface area (Å²) in [6, 6.07) is 1.69. The molecule has 14 heavy (non-hydrogen) atoms. The fourth-order valence-electron chi connectivity index (χ4n) is 1.28. The van der Waals surface area contributed by atoms with Crippen molar-refractivity contribution < 1.29 is 5.11 Å². The van der Waals surface area contributed by atoms with E-state index in [0.29, 0.717) is 11.3 Å². The highest BCUT2D eigenvalue weighted by molar-refractivity contribution is 9.10. The van der Waals surface area contributed by atoms with E-state index in [4.69, 9.17) is 5.11 Å². The molecule has 0 unspecified atom stereocenters. The van der Waals surface area contributed by atoms with E-state index in [-0.39, 0.29) is 12.2 Å². The highest BCUT2D eigenvalue weighted by Crippen LogP contribution is 2.11. The Kier molecular flexibility index (Phi) is 2.16. The SMILES string of the molecule is Cn1c(CO)nn2cc(Br)cc2c1=O. The Hall–Kier alpha value is -1.14. The normalized spacial score (nSPS) is 11.1. The molecule has 0 aromatic carbocycles. The molecule has 0 amide bonds. The second-order valence-electron chi connectivity index (χ2n) is 2.93. The predicted octanol–water partition coefficient (Wildman–Crippen LogP) is 0.288. The van der Waals surface area contributed by atoms with Crippen LogP contribution in [-0.2, 0) is 13.7 Å². The van der Waals surface area contributed by atoms with E-state index in [2.05, 4.69) is 21.0 Å². The third-order valence-electron chi connectivity index (χ3n) is 2.04. The molecule has 0 bridgehead atoms. The first-order chi connectivity index (χ1) is 6.63. The van der Waals surface area contributed by atoms with Crippen molar-refractivity contribution in [3.8, 4) is 0 Å². The van der Waals surface area contributed by atoms with E-state index >= 15 is 0 Å². The van der Waals surface area contributed by atoms with Crippen molar-refractivity contribution in [1.29, 1.82) is 0 Å². The second kappa shape index (κ2) is 3.21. The van der Waals surface area contributed by atoms with Crippen LogP contribution in [0.5, 0.6) is 0 Å². The van der Waals surface area contributed by atoms with Crippen LogP contribution in [0.4, 0.5) is 0 Å². The van der Waals surface area contributed by atoms with E-state index < -0.39 is 0 Å². The minimum atomic E-state index is -0.253. The van der Waals surface area contributed by atoms with E-state index in [1.807, 2.05) is 0 Å². The number of aromatic nitrogens is 3. The Morgan fingerprint density at radius 3 is 3.00 bits per heavy atom. The minimum Gasteiger partial charge on any atom is -0.388 e. The van der Waals surface area contributed by atoms with Crippen LogP contribution in [0.3, 0.4) is 0 Å². The molecule has 0 atom stereocenters. The predicted molar refractivity (Wildman–Crippen MR) is 54.1 cm³/mol. The number of aliphatic hydroxyl groups is 1. The molecule has 0 aliphatic rings. The maximum absolute atomic E-state index is 11.7. The van der Waals surface area contributed by atoms with Crippen molar-refractivity contribution in [1.82, 2.24) is 14.2 Å². The van der Waals surface area contributed by atoms with Crippen molar-refractivity contribution in [3.05, 3.63) is 32.9 Å². The van der Waals surface area contributed by atoms with Gasteiger partial charge in [-0.3, -0.25) is 9.36 Å². The number of halogens is 1. The smallest absolute Gasteiger partial charge is 0.277 e. The third-order valence-corrected chi connectivity index (χ3v) is 2.48. The molecular formula is C8H8BrN3O2. The summed E-state index contributed by atoms with van der Waals surface area (Å²) < 4.78 is 3.58. The first-order valence-corrected chi connectivity index (χ1v) is 4.77. The fraction of sp³-hybridized carbons (Fsp3) is 0.250. The maximum Gasteiger partial charge on any atom is 0.277 e. The molecule has 0 aliphatic heterocycles. The molecule has 2 aromatic rings. The summed E-state index contributed by atoms with van der Waals surface area (Å²) in [6.07, 6.45) is 1.68. The molecule has 0 radical (unpaired) electrons. The molecule has 2 aromatic heterocycles.